The van der Waals surface area contributed by atoms with Crippen molar-refractivity contribution in [2.24, 2.45) is 11.8 Å². The summed E-state index contributed by atoms with van der Waals surface area (Å²) in [5.74, 6) is -2.13. The van der Waals surface area contributed by atoms with Crippen LogP contribution in [0.4, 0.5) is 0 Å². The van der Waals surface area contributed by atoms with E-state index in [2.05, 4.69) is 36.0 Å². The second kappa shape index (κ2) is 10.9. The fourth-order valence-electron chi connectivity index (χ4n) is 5.94. The van der Waals surface area contributed by atoms with Gasteiger partial charge in [0.1, 0.15) is 11.6 Å². The van der Waals surface area contributed by atoms with Crippen LogP contribution in [-0.4, -0.2) is 99.4 Å². The molecule has 3 unspecified atom stereocenters. The second-order valence-electron chi connectivity index (χ2n) is 9.59. The van der Waals surface area contributed by atoms with Gasteiger partial charge in [0.05, 0.1) is 30.6 Å². The van der Waals surface area contributed by atoms with Crippen LogP contribution in [0.25, 0.3) is 0 Å². The van der Waals surface area contributed by atoms with E-state index in [1.165, 1.54) is 4.90 Å². The lowest BCUT2D eigenvalue weighted by Gasteiger charge is -2.39. The minimum absolute atomic E-state index is 0.157. The third kappa shape index (κ3) is 4.24. The molecule has 7 atom stereocenters. The number of carbonyl (C=O) groups excluding carboxylic acids is 3. The van der Waals surface area contributed by atoms with Crippen molar-refractivity contribution in [1.82, 2.24) is 14.7 Å². The fraction of sp³-hybridized carbons (Fsp3) is 0.720. The Bertz CT molecular complexity index is 818. The monoisotopic (exact) mass is 539 g/mol. The lowest BCUT2D eigenvalue weighted by Crippen LogP contribution is -2.59. The molecule has 0 radical (unpaired) electrons. The van der Waals surface area contributed by atoms with Crippen LogP contribution < -0.4 is 0 Å². The molecule has 8 nitrogen and oxygen atoms in total. The van der Waals surface area contributed by atoms with E-state index in [1.54, 1.807) is 29.0 Å². The minimum atomic E-state index is -1.11. The number of hydrogen-bond acceptors (Lipinski definition) is 5. The van der Waals surface area contributed by atoms with Crippen molar-refractivity contribution in [2.45, 2.75) is 68.1 Å². The number of nitrogens with zero attached hydrogens (tertiary/aromatic N) is 3. The molecule has 3 amide bonds. The predicted octanol–water partition coefficient (Wildman–Crippen LogP) is 1.96. The number of fused-ring (bicyclic) bond motifs is 1. The molecule has 0 saturated carbocycles. The van der Waals surface area contributed by atoms with Crippen LogP contribution in [-0.2, 0) is 19.1 Å². The van der Waals surface area contributed by atoms with Crippen LogP contribution >= 0.6 is 15.9 Å². The van der Waals surface area contributed by atoms with Gasteiger partial charge in [-0.05, 0) is 19.3 Å². The number of hydrogen-bond donors (Lipinski definition) is 1. The first-order chi connectivity index (χ1) is 16.2. The van der Waals surface area contributed by atoms with Crippen LogP contribution in [0.3, 0.4) is 0 Å². The number of rotatable bonds is 12. The van der Waals surface area contributed by atoms with Crippen molar-refractivity contribution < 1.29 is 24.2 Å². The molecular formula is C25H38BrN3O5. The van der Waals surface area contributed by atoms with Gasteiger partial charge in [-0.3, -0.25) is 14.4 Å². The number of carbonyl (C=O) groups is 3. The third-order valence-electron chi connectivity index (χ3n) is 7.54. The van der Waals surface area contributed by atoms with Gasteiger partial charge in [-0.25, -0.2) is 0 Å². The minimum Gasteiger partial charge on any atom is -0.394 e. The topological polar surface area (TPSA) is 90.4 Å². The number of likely N-dealkylation sites (tertiary alicyclic amines) is 1. The van der Waals surface area contributed by atoms with E-state index in [4.69, 9.17) is 4.74 Å². The lowest BCUT2D eigenvalue weighted by atomic mass is 9.70. The molecule has 190 valence electrons. The van der Waals surface area contributed by atoms with Gasteiger partial charge in [-0.15, -0.1) is 13.2 Å². The number of likely N-dealkylation sites (N-methyl/N-ethyl adjacent to an activating group) is 1. The highest BCUT2D eigenvalue weighted by Gasteiger charge is 2.77. The zero-order chi connectivity index (χ0) is 25.2. The SMILES string of the molecule is C=CCN(C)C(=O)[C@H]1[C@@H]2OC3(CC2Br)C(C(=O)N(CC=C)CCCC)N([C@@H](CC)CO)C(=O)[C@H]13. The van der Waals surface area contributed by atoms with Gasteiger partial charge in [0, 0.05) is 31.5 Å². The Morgan fingerprint density at radius 1 is 1.29 bits per heavy atom. The standard InChI is InChI=1S/C25H38BrN3O5/c1-6-10-13-28(12-8-3)24(33)21-25-14-17(26)20(34-25)18(22(31)27(5)11-7-2)19(25)23(32)29(21)16(9-4)15-30/h7-8,16-21,30H,2-3,6,9-15H2,1,4-5H3/t16-,17?,18+,19-,20+,21?,25?/m0/s1. The number of aliphatic hydroxyl groups excluding tert-OH is 1. The fourth-order valence-corrected chi connectivity index (χ4v) is 6.89. The van der Waals surface area contributed by atoms with Crippen molar-refractivity contribution in [3.63, 3.8) is 0 Å². The van der Waals surface area contributed by atoms with Crippen LogP contribution in [0.5, 0.6) is 0 Å². The smallest absolute Gasteiger partial charge is 0.248 e. The van der Waals surface area contributed by atoms with Crippen molar-refractivity contribution in [3.8, 4) is 0 Å². The van der Waals surface area contributed by atoms with Crippen molar-refractivity contribution in [2.75, 3.05) is 33.3 Å². The summed E-state index contributed by atoms with van der Waals surface area (Å²) in [7, 11) is 1.69. The highest BCUT2D eigenvalue weighted by atomic mass is 79.9. The molecule has 0 aromatic carbocycles. The molecule has 2 bridgehead atoms. The van der Waals surface area contributed by atoms with Crippen molar-refractivity contribution in [3.05, 3.63) is 25.3 Å². The van der Waals surface area contributed by atoms with E-state index < -0.39 is 35.6 Å². The summed E-state index contributed by atoms with van der Waals surface area (Å²) >= 11 is 3.68. The summed E-state index contributed by atoms with van der Waals surface area (Å²) in [4.78, 5) is 46.2. The second-order valence-corrected chi connectivity index (χ2v) is 10.8. The molecule has 34 heavy (non-hydrogen) atoms. The molecule has 3 saturated heterocycles. The number of amides is 3. The Hall–Kier alpha value is -1.71. The molecule has 0 aromatic rings. The molecular weight excluding hydrogens is 502 g/mol. The van der Waals surface area contributed by atoms with Gasteiger partial charge in [0.15, 0.2) is 0 Å². The first-order valence-electron chi connectivity index (χ1n) is 12.2. The van der Waals surface area contributed by atoms with E-state index in [1.807, 2.05) is 6.92 Å². The average molecular weight is 540 g/mol. The van der Waals surface area contributed by atoms with Gasteiger partial charge in [-0.1, -0.05) is 48.4 Å². The zero-order valence-electron chi connectivity index (χ0n) is 20.5. The van der Waals surface area contributed by atoms with Gasteiger partial charge < -0.3 is 24.5 Å². The molecule has 0 aromatic heterocycles. The predicted molar refractivity (Wildman–Crippen MR) is 133 cm³/mol. The Balaban J connectivity index is 2.09. The molecule has 3 aliphatic heterocycles. The summed E-state index contributed by atoms with van der Waals surface area (Å²) < 4.78 is 6.53. The molecule has 1 N–H and O–H groups in total. The summed E-state index contributed by atoms with van der Waals surface area (Å²) in [5, 5.41) is 10.1. The molecule has 3 rings (SSSR count). The Morgan fingerprint density at radius 3 is 2.53 bits per heavy atom. The number of alkyl halides is 1. The van der Waals surface area contributed by atoms with Crippen LogP contribution in [0, 0.1) is 11.8 Å². The maximum Gasteiger partial charge on any atom is 0.248 e. The van der Waals surface area contributed by atoms with E-state index in [-0.39, 0.29) is 29.2 Å². The number of ether oxygens (including phenoxy) is 1. The maximum absolute atomic E-state index is 14.1. The lowest BCUT2D eigenvalue weighted by molar-refractivity contribution is -0.151. The Labute approximate surface area is 211 Å². The first kappa shape index (κ1) is 26.9. The molecule has 3 aliphatic rings. The average Bonchev–Trinajstić information content (AvgIpc) is 3.40. The van der Waals surface area contributed by atoms with Gasteiger partial charge in [0.25, 0.3) is 0 Å². The number of halogens is 1. The van der Waals surface area contributed by atoms with Crippen molar-refractivity contribution in [1.29, 1.82) is 0 Å². The first-order valence-corrected chi connectivity index (χ1v) is 13.2. The third-order valence-corrected chi connectivity index (χ3v) is 8.39. The summed E-state index contributed by atoms with van der Waals surface area (Å²) in [6, 6.07) is -1.43. The molecule has 0 aliphatic carbocycles. The Kier molecular flexibility index (Phi) is 8.63. The van der Waals surface area contributed by atoms with Crippen LogP contribution in [0.2, 0.25) is 0 Å². The summed E-state index contributed by atoms with van der Waals surface area (Å²) in [6.07, 6.45) is 5.51. The largest absolute Gasteiger partial charge is 0.394 e. The van der Waals surface area contributed by atoms with E-state index in [9.17, 15) is 19.5 Å². The highest BCUT2D eigenvalue weighted by Crippen LogP contribution is 2.60. The summed E-state index contributed by atoms with van der Waals surface area (Å²) in [5.41, 5.74) is -1.11. The Morgan fingerprint density at radius 2 is 1.97 bits per heavy atom. The quantitative estimate of drug-likeness (QED) is 0.302. The molecule has 3 heterocycles. The van der Waals surface area contributed by atoms with E-state index in [0.717, 1.165) is 12.8 Å². The van der Waals surface area contributed by atoms with Crippen LogP contribution in [0.1, 0.15) is 39.5 Å². The summed E-state index contributed by atoms with van der Waals surface area (Å²) in [6.45, 7) is 12.5. The van der Waals surface area contributed by atoms with Crippen molar-refractivity contribution >= 4 is 33.7 Å². The maximum atomic E-state index is 14.1. The molecule has 9 heteroatoms. The van der Waals surface area contributed by atoms with Gasteiger partial charge >= 0.3 is 0 Å². The van der Waals surface area contributed by atoms with E-state index >= 15 is 0 Å². The molecule has 1 spiro atoms. The van der Waals surface area contributed by atoms with Crippen LogP contribution in [0.15, 0.2) is 25.3 Å². The van der Waals surface area contributed by atoms with Gasteiger partial charge in [-0.2, -0.15) is 0 Å². The molecule has 3 fully saturated rings. The van der Waals surface area contributed by atoms with E-state index in [0.29, 0.717) is 32.5 Å². The normalized spacial score (nSPS) is 32.4. The zero-order valence-corrected chi connectivity index (χ0v) is 22.1. The number of aliphatic hydroxyl groups is 1. The highest BCUT2D eigenvalue weighted by molar-refractivity contribution is 9.09. The number of unbranched alkanes of at least 4 members (excludes halogenated alkanes) is 1. The van der Waals surface area contributed by atoms with Gasteiger partial charge in [0.2, 0.25) is 17.7 Å².